The van der Waals surface area contributed by atoms with Crippen molar-refractivity contribution in [3.63, 3.8) is 0 Å². The van der Waals surface area contributed by atoms with E-state index in [0.29, 0.717) is 11.3 Å². The Balaban J connectivity index is 2.17. The van der Waals surface area contributed by atoms with E-state index in [4.69, 9.17) is 4.74 Å². The lowest BCUT2D eigenvalue weighted by atomic mass is 10.1. The summed E-state index contributed by atoms with van der Waals surface area (Å²) >= 11 is 0. The Morgan fingerprint density at radius 2 is 1.85 bits per heavy atom. The van der Waals surface area contributed by atoms with Crippen molar-refractivity contribution in [2.24, 2.45) is 0 Å². The number of amides is 2. The van der Waals surface area contributed by atoms with Crippen molar-refractivity contribution in [2.45, 2.75) is 32.4 Å². The average molecular weight is 364 g/mol. The topological polar surface area (TPSA) is 96.4 Å². The van der Waals surface area contributed by atoms with Crippen molar-refractivity contribution >= 4 is 23.7 Å². The largest absolute Gasteiger partial charge is 0.465 e. The molecule has 2 amide bonds. The van der Waals surface area contributed by atoms with E-state index in [2.05, 4.69) is 4.74 Å². The van der Waals surface area contributed by atoms with Crippen LogP contribution in [0.3, 0.4) is 0 Å². The number of benzene rings is 1. The lowest BCUT2D eigenvalue weighted by Crippen LogP contribution is -2.60. The molecular weight excluding hydrogens is 340 g/mol. The van der Waals surface area contributed by atoms with Crippen molar-refractivity contribution in [2.75, 3.05) is 31.7 Å². The van der Waals surface area contributed by atoms with Crippen molar-refractivity contribution < 1.29 is 29.0 Å². The first-order valence-corrected chi connectivity index (χ1v) is 8.25. The molecule has 142 valence electrons. The van der Waals surface area contributed by atoms with Crippen LogP contribution in [0.2, 0.25) is 0 Å². The molecule has 1 heterocycles. The fourth-order valence-electron chi connectivity index (χ4n) is 2.68. The molecule has 0 unspecified atom stereocenters. The third kappa shape index (κ3) is 4.51. The third-order valence-corrected chi connectivity index (χ3v) is 3.82. The average Bonchev–Trinajstić information content (AvgIpc) is 2.59. The van der Waals surface area contributed by atoms with Crippen LogP contribution in [0.15, 0.2) is 24.3 Å². The van der Waals surface area contributed by atoms with Gasteiger partial charge in [-0.2, -0.15) is 0 Å². The molecule has 1 N–H and O–H groups in total. The number of aliphatic hydroxyl groups excluding tert-OH is 1. The zero-order valence-corrected chi connectivity index (χ0v) is 15.4. The Kier molecular flexibility index (Phi) is 5.86. The number of piperazine rings is 1. The Morgan fingerprint density at radius 1 is 1.23 bits per heavy atom. The molecule has 26 heavy (non-hydrogen) atoms. The highest BCUT2D eigenvalue weighted by atomic mass is 16.6. The van der Waals surface area contributed by atoms with E-state index < -0.39 is 23.7 Å². The summed E-state index contributed by atoms with van der Waals surface area (Å²) in [6.07, 6.45) is -0.593. The van der Waals surface area contributed by atoms with Gasteiger partial charge in [-0.15, -0.1) is 0 Å². The number of carbonyl (C=O) groups excluding carboxylic acids is 3. The molecule has 0 radical (unpaired) electrons. The van der Waals surface area contributed by atoms with E-state index in [-0.39, 0.29) is 25.6 Å². The molecule has 0 aromatic heterocycles. The SMILES string of the molecule is COC(=O)c1ccc(N2C(=O)CN(C(=O)OC(C)(C)C)C[C@@H]2CO)cc1. The van der Waals surface area contributed by atoms with Gasteiger partial charge in [-0.25, -0.2) is 9.59 Å². The predicted octanol–water partition coefficient (Wildman–Crippen LogP) is 1.42. The molecule has 1 aromatic rings. The van der Waals surface area contributed by atoms with Gasteiger partial charge in [0.1, 0.15) is 12.1 Å². The number of hydrogen-bond acceptors (Lipinski definition) is 6. The molecule has 8 nitrogen and oxygen atoms in total. The molecule has 0 spiro atoms. The Morgan fingerprint density at radius 3 is 2.35 bits per heavy atom. The zero-order valence-electron chi connectivity index (χ0n) is 15.4. The van der Waals surface area contributed by atoms with Gasteiger partial charge in [0.05, 0.1) is 25.3 Å². The van der Waals surface area contributed by atoms with Crippen molar-refractivity contribution in [1.82, 2.24) is 4.90 Å². The summed E-state index contributed by atoms with van der Waals surface area (Å²) in [5.41, 5.74) is 0.220. The molecule has 0 aliphatic carbocycles. The summed E-state index contributed by atoms with van der Waals surface area (Å²) in [5, 5.41) is 9.71. The number of esters is 1. The first-order valence-electron chi connectivity index (χ1n) is 8.25. The second-order valence-electron chi connectivity index (χ2n) is 7.00. The van der Waals surface area contributed by atoms with E-state index in [0.717, 1.165) is 0 Å². The maximum Gasteiger partial charge on any atom is 0.410 e. The van der Waals surface area contributed by atoms with Gasteiger partial charge in [0.2, 0.25) is 5.91 Å². The van der Waals surface area contributed by atoms with E-state index >= 15 is 0 Å². The first-order chi connectivity index (χ1) is 12.2. The maximum atomic E-state index is 12.6. The highest BCUT2D eigenvalue weighted by Crippen LogP contribution is 2.23. The molecule has 1 aromatic carbocycles. The Bertz CT molecular complexity index is 680. The van der Waals surface area contributed by atoms with Crippen molar-refractivity contribution in [3.05, 3.63) is 29.8 Å². The van der Waals surface area contributed by atoms with E-state index in [1.54, 1.807) is 45.0 Å². The fraction of sp³-hybridized carbons (Fsp3) is 0.500. The van der Waals surface area contributed by atoms with Crippen LogP contribution < -0.4 is 4.90 Å². The summed E-state index contributed by atoms with van der Waals surface area (Å²) in [6, 6.07) is 5.70. The van der Waals surface area contributed by atoms with Gasteiger partial charge in [0, 0.05) is 12.2 Å². The lowest BCUT2D eigenvalue weighted by molar-refractivity contribution is -0.122. The minimum Gasteiger partial charge on any atom is -0.465 e. The summed E-state index contributed by atoms with van der Waals surface area (Å²) in [7, 11) is 1.29. The number of methoxy groups -OCH3 is 1. The number of hydrogen-bond donors (Lipinski definition) is 1. The quantitative estimate of drug-likeness (QED) is 0.815. The van der Waals surface area contributed by atoms with Gasteiger partial charge in [-0.05, 0) is 45.0 Å². The smallest absolute Gasteiger partial charge is 0.410 e. The summed E-state index contributed by atoms with van der Waals surface area (Å²) in [5.74, 6) is -0.816. The minimum absolute atomic E-state index is 0.149. The van der Waals surface area contributed by atoms with E-state index in [1.165, 1.54) is 16.9 Å². The molecular formula is C18H24N2O6. The highest BCUT2D eigenvalue weighted by molar-refractivity contribution is 5.98. The third-order valence-electron chi connectivity index (χ3n) is 3.82. The van der Waals surface area contributed by atoms with Crippen molar-refractivity contribution in [1.29, 1.82) is 0 Å². The summed E-state index contributed by atoms with van der Waals surface area (Å²) in [6.45, 7) is 4.92. The van der Waals surface area contributed by atoms with Gasteiger partial charge in [-0.3, -0.25) is 9.69 Å². The summed E-state index contributed by atoms with van der Waals surface area (Å²) < 4.78 is 9.94. The van der Waals surface area contributed by atoms with Gasteiger partial charge in [-0.1, -0.05) is 0 Å². The van der Waals surface area contributed by atoms with Crippen LogP contribution in [0.1, 0.15) is 31.1 Å². The Hall–Kier alpha value is -2.61. The van der Waals surface area contributed by atoms with Crippen LogP contribution in [0, 0.1) is 0 Å². The maximum absolute atomic E-state index is 12.6. The van der Waals surface area contributed by atoms with Gasteiger partial charge in [0.25, 0.3) is 0 Å². The molecule has 8 heteroatoms. The van der Waals surface area contributed by atoms with Crippen LogP contribution >= 0.6 is 0 Å². The zero-order chi connectivity index (χ0) is 19.5. The molecule has 0 bridgehead atoms. The number of carbonyl (C=O) groups is 3. The van der Waals surface area contributed by atoms with Gasteiger partial charge in [0.15, 0.2) is 0 Å². The monoisotopic (exact) mass is 364 g/mol. The molecule has 1 saturated heterocycles. The van der Waals surface area contributed by atoms with E-state index in [9.17, 15) is 19.5 Å². The van der Waals surface area contributed by atoms with E-state index in [1.807, 2.05) is 0 Å². The molecule has 0 saturated carbocycles. The number of anilines is 1. The number of ether oxygens (including phenoxy) is 2. The van der Waals surface area contributed by atoms with Gasteiger partial charge >= 0.3 is 12.1 Å². The highest BCUT2D eigenvalue weighted by Gasteiger charge is 2.37. The second kappa shape index (κ2) is 7.74. The van der Waals surface area contributed by atoms with Crippen molar-refractivity contribution in [3.8, 4) is 0 Å². The van der Waals surface area contributed by atoms with Crippen LogP contribution in [-0.4, -0.2) is 66.4 Å². The summed E-state index contributed by atoms with van der Waals surface area (Å²) in [4.78, 5) is 39.0. The van der Waals surface area contributed by atoms with Crippen LogP contribution in [-0.2, 0) is 14.3 Å². The van der Waals surface area contributed by atoms with Crippen LogP contribution in [0.25, 0.3) is 0 Å². The first kappa shape index (κ1) is 19.7. The molecule has 1 fully saturated rings. The normalized spacial score (nSPS) is 17.9. The van der Waals surface area contributed by atoms with Crippen LogP contribution in [0.5, 0.6) is 0 Å². The molecule has 2 rings (SSSR count). The fourth-order valence-corrected chi connectivity index (χ4v) is 2.68. The number of rotatable bonds is 3. The standard InChI is InChI=1S/C18H24N2O6/c1-18(2,3)26-17(24)19-9-14(11-21)20(15(22)10-19)13-7-5-12(6-8-13)16(23)25-4/h5-8,14,21H,9-11H2,1-4H3/t14-/m1/s1. The van der Waals surface area contributed by atoms with Gasteiger partial charge < -0.3 is 19.5 Å². The minimum atomic E-state index is -0.671. The second-order valence-corrected chi connectivity index (χ2v) is 7.00. The number of aliphatic hydroxyl groups is 1. The number of nitrogens with zero attached hydrogens (tertiary/aromatic N) is 2. The Labute approximate surface area is 152 Å². The lowest BCUT2D eigenvalue weighted by Gasteiger charge is -2.40. The molecule has 1 atom stereocenters. The molecule has 1 aliphatic heterocycles. The van der Waals surface area contributed by atoms with Crippen LogP contribution in [0.4, 0.5) is 10.5 Å². The molecule has 1 aliphatic rings. The predicted molar refractivity (Wildman–Crippen MR) is 93.9 cm³/mol.